The first kappa shape index (κ1) is 18.1. The molecular formula is C20H30N2O3. The van der Waals surface area contributed by atoms with E-state index in [-0.39, 0.29) is 11.7 Å². The van der Waals surface area contributed by atoms with Gasteiger partial charge in [-0.3, -0.25) is 9.69 Å². The van der Waals surface area contributed by atoms with Crippen molar-refractivity contribution in [3.63, 3.8) is 0 Å². The van der Waals surface area contributed by atoms with E-state index in [1.807, 2.05) is 4.90 Å². The Bertz CT molecular complexity index is 613. The van der Waals surface area contributed by atoms with Crippen LogP contribution in [0.15, 0.2) is 18.2 Å². The van der Waals surface area contributed by atoms with Crippen molar-refractivity contribution in [1.82, 2.24) is 9.80 Å². The number of amides is 1. The zero-order valence-corrected chi connectivity index (χ0v) is 15.6. The van der Waals surface area contributed by atoms with E-state index in [1.54, 1.807) is 12.1 Å². The Kier molecular flexibility index (Phi) is 5.52. The number of hydrogen-bond donors (Lipinski definition) is 1. The van der Waals surface area contributed by atoms with E-state index < -0.39 is 0 Å². The first-order valence-corrected chi connectivity index (χ1v) is 9.40. The van der Waals surface area contributed by atoms with Crippen LogP contribution in [-0.4, -0.2) is 60.1 Å². The molecule has 1 aliphatic heterocycles. The van der Waals surface area contributed by atoms with Gasteiger partial charge in [-0.25, -0.2) is 0 Å². The average molecular weight is 346 g/mol. The molecule has 1 saturated carbocycles. The third kappa shape index (κ3) is 4.27. The number of ether oxygens (including phenoxy) is 1. The molecule has 0 bridgehead atoms. The van der Waals surface area contributed by atoms with Crippen molar-refractivity contribution < 1.29 is 14.6 Å². The minimum absolute atomic E-state index is 0.0252. The highest BCUT2D eigenvalue weighted by Crippen LogP contribution is 2.32. The van der Waals surface area contributed by atoms with Crippen molar-refractivity contribution in [1.29, 1.82) is 0 Å². The number of carbonyl (C=O) groups excluding carboxylic acids is 1. The largest absolute Gasteiger partial charge is 0.504 e. The van der Waals surface area contributed by atoms with Crippen LogP contribution in [0.2, 0.25) is 0 Å². The molecule has 2 aliphatic rings. The molecule has 2 fully saturated rings. The van der Waals surface area contributed by atoms with Crippen LogP contribution in [-0.2, 0) is 0 Å². The van der Waals surface area contributed by atoms with E-state index in [4.69, 9.17) is 4.74 Å². The summed E-state index contributed by atoms with van der Waals surface area (Å²) in [6.07, 6.45) is 3.73. The smallest absolute Gasteiger partial charge is 0.254 e. The van der Waals surface area contributed by atoms with Gasteiger partial charge in [-0.05, 0) is 49.3 Å². The Balaban J connectivity index is 1.75. The van der Waals surface area contributed by atoms with Crippen LogP contribution in [0.5, 0.6) is 11.5 Å². The van der Waals surface area contributed by atoms with E-state index in [0.717, 1.165) is 32.0 Å². The highest BCUT2D eigenvalue weighted by atomic mass is 16.5. The van der Waals surface area contributed by atoms with E-state index in [2.05, 4.69) is 18.7 Å². The molecule has 1 saturated heterocycles. The molecule has 1 amide bonds. The number of methoxy groups -OCH3 is 1. The highest BCUT2D eigenvalue weighted by Gasteiger charge is 2.33. The van der Waals surface area contributed by atoms with E-state index in [9.17, 15) is 9.90 Å². The first-order valence-electron chi connectivity index (χ1n) is 9.40. The second-order valence-electron chi connectivity index (χ2n) is 7.74. The molecule has 1 aliphatic carbocycles. The molecule has 5 nitrogen and oxygen atoms in total. The molecule has 3 rings (SSSR count). The lowest BCUT2D eigenvalue weighted by molar-refractivity contribution is 0.0704. The Morgan fingerprint density at radius 2 is 2.08 bits per heavy atom. The van der Waals surface area contributed by atoms with Gasteiger partial charge in [0.2, 0.25) is 0 Å². The molecule has 25 heavy (non-hydrogen) atoms. The Hall–Kier alpha value is -1.75. The lowest BCUT2D eigenvalue weighted by atomic mass is 10.0. The van der Waals surface area contributed by atoms with Gasteiger partial charge in [0.15, 0.2) is 11.5 Å². The number of benzene rings is 1. The predicted octanol–water partition coefficient (Wildman–Crippen LogP) is 2.98. The van der Waals surface area contributed by atoms with Crippen molar-refractivity contribution in [2.45, 2.75) is 39.2 Å². The Morgan fingerprint density at radius 1 is 1.32 bits per heavy atom. The Morgan fingerprint density at radius 3 is 2.72 bits per heavy atom. The fourth-order valence-corrected chi connectivity index (χ4v) is 3.73. The van der Waals surface area contributed by atoms with Crippen LogP contribution in [0.3, 0.4) is 0 Å². The van der Waals surface area contributed by atoms with Crippen molar-refractivity contribution >= 4 is 5.91 Å². The molecule has 1 heterocycles. The van der Waals surface area contributed by atoms with Gasteiger partial charge in [-0.2, -0.15) is 0 Å². The number of rotatable bonds is 5. The van der Waals surface area contributed by atoms with Crippen LogP contribution < -0.4 is 4.74 Å². The topological polar surface area (TPSA) is 53.0 Å². The minimum atomic E-state index is 0.0252. The summed E-state index contributed by atoms with van der Waals surface area (Å²) < 4.78 is 5.15. The number of hydrogen-bond acceptors (Lipinski definition) is 4. The maximum absolute atomic E-state index is 13.0. The van der Waals surface area contributed by atoms with Gasteiger partial charge in [-0.1, -0.05) is 13.8 Å². The molecule has 5 heteroatoms. The van der Waals surface area contributed by atoms with Gasteiger partial charge < -0.3 is 14.7 Å². The Labute approximate surface area is 150 Å². The van der Waals surface area contributed by atoms with Crippen LogP contribution in [0, 0.1) is 11.8 Å². The number of phenolic OH excluding ortho intramolecular Hbond substituents is 1. The lowest BCUT2D eigenvalue weighted by Crippen LogP contribution is -2.46. The molecular weight excluding hydrogens is 316 g/mol. The van der Waals surface area contributed by atoms with E-state index in [0.29, 0.717) is 23.3 Å². The summed E-state index contributed by atoms with van der Waals surface area (Å²) in [6, 6.07) is 5.25. The third-order valence-corrected chi connectivity index (χ3v) is 5.42. The third-order valence-electron chi connectivity index (χ3n) is 5.42. The fourth-order valence-electron chi connectivity index (χ4n) is 3.73. The van der Waals surface area contributed by atoms with Crippen molar-refractivity contribution in [2.24, 2.45) is 11.8 Å². The number of aromatic hydroxyl groups is 1. The second-order valence-corrected chi connectivity index (χ2v) is 7.74. The highest BCUT2D eigenvalue weighted by molar-refractivity contribution is 5.95. The van der Waals surface area contributed by atoms with Crippen LogP contribution in [0.4, 0.5) is 0 Å². The van der Waals surface area contributed by atoms with Gasteiger partial charge in [0.05, 0.1) is 7.11 Å². The van der Waals surface area contributed by atoms with Crippen molar-refractivity contribution in [3.8, 4) is 11.5 Å². The normalized spacial score (nSPS) is 22.1. The zero-order valence-electron chi connectivity index (χ0n) is 15.6. The second kappa shape index (κ2) is 7.65. The molecule has 138 valence electrons. The monoisotopic (exact) mass is 346 g/mol. The summed E-state index contributed by atoms with van der Waals surface area (Å²) >= 11 is 0. The molecule has 1 aromatic carbocycles. The van der Waals surface area contributed by atoms with E-state index >= 15 is 0 Å². The summed E-state index contributed by atoms with van der Waals surface area (Å²) in [6.45, 7) is 8.31. The number of phenols is 1. The van der Waals surface area contributed by atoms with E-state index in [1.165, 1.54) is 32.6 Å². The van der Waals surface area contributed by atoms with Crippen LogP contribution >= 0.6 is 0 Å². The average Bonchev–Trinajstić information content (AvgIpc) is 3.42. The predicted molar refractivity (Wildman–Crippen MR) is 98.1 cm³/mol. The standard InChI is InChI=1S/C20H30N2O3/c1-14(2)17-13-22(10-4-9-21(17)12-15-5-6-15)20(24)16-7-8-18(23)19(11-16)25-3/h7-8,11,14-15,17,23H,4-6,9-10,12-13H2,1-3H3/t17-/m1/s1. The van der Waals surface area contributed by atoms with Crippen LogP contribution in [0.25, 0.3) is 0 Å². The van der Waals surface area contributed by atoms with Crippen molar-refractivity contribution in [2.75, 3.05) is 33.3 Å². The molecule has 1 aromatic rings. The summed E-state index contributed by atoms with van der Waals surface area (Å²) in [4.78, 5) is 17.6. The lowest BCUT2D eigenvalue weighted by Gasteiger charge is -2.34. The molecule has 1 N–H and O–H groups in total. The van der Waals surface area contributed by atoms with Gasteiger partial charge in [-0.15, -0.1) is 0 Å². The minimum Gasteiger partial charge on any atom is -0.504 e. The van der Waals surface area contributed by atoms with Gasteiger partial charge >= 0.3 is 0 Å². The molecule has 1 atom stereocenters. The van der Waals surface area contributed by atoms with Gasteiger partial charge in [0.25, 0.3) is 5.91 Å². The van der Waals surface area contributed by atoms with Crippen LogP contribution in [0.1, 0.15) is 43.5 Å². The quantitative estimate of drug-likeness (QED) is 0.890. The molecule has 0 aromatic heterocycles. The first-order chi connectivity index (χ1) is 12.0. The zero-order chi connectivity index (χ0) is 18.0. The van der Waals surface area contributed by atoms with Gasteiger partial charge in [0.1, 0.15) is 0 Å². The molecule has 0 radical (unpaired) electrons. The maximum Gasteiger partial charge on any atom is 0.254 e. The summed E-state index contributed by atoms with van der Waals surface area (Å²) in [5, 5.41) is 9.75. The summed E-state index contributed by atoms with van der Waals surface area (Å²) in [7, 11) is 1.50. The van der Waals surface area contributed by atoms with Gasteiger partial charge in [0, 0.05) is 37.8 Å². The molecule has 0 spiro atoms. The maximum atomic E-state index is 13.0. The fraction of sp³-hybridized carbons (Fsp3) is 0.650. The number of carbonyl (C=O) groups is 1. The van der Waals surface area contributed by atoms with Crippen molar-refractivity contribution in [3.05, 3.63) is 23.8 Å². The molecule has 0 unspecified atom stereocenters. The summed E-state index contributed by atoms with van der Waals surface area (Å²) in [5.41, 5.74) is 0.577. The summed E-state index contributed by atoms with van der Waals surface area (Å²) in [5.74, 6) is 1.81. The SMILES string of the molecule is COc1cc(C(=O)N2CCCN(CC3CC3)[C@@H](C(C)C)C2)ccc1O. The number of nitrogens with zero attached hydrogens (tertiary/aromatic N) is 2.